The third kappa shape index (κ3) is 4.10. The molecule has 1 N–H and O–H groups in total. The van der Waals surface area contributed by atoms with Crippen LogP contribution in [0.1, 0.15) is 18.4 Å². The fourth-order valence-electron chi connectivity index (χ4n) is 2.21. The second kappa shape index (κ2) is 6.90. The largest absolute Gasteiger partial charge is 0.342 e. The van der Waals surface area contributed by atoms with Crippen LogP contribution in [0, 0.1) is 0 Å². The molecule has 1 aliphatic rings. The Bertz CT molecular complexity index is 401. The molecule has 1 amide bonds. The third-order valence-electron chi connectivity index (χ3n) is 3.16. The molecule has 1 heterocycles. The Morgan fingerprint density at radius 2 is 2.00 bits per heavy atom. The zero-order chi connectivity index (χ0) is 12.8. The number of nitrogens with one attached hydrogen (secondary N) is 1. The number of carbonyl (C=O) groups excluding carboxylic acids is 1. The standard InChI is InChI=1S/C14H19BrN2O/c15-13-5-1-4-12(10-13)11-14(18)17-8-2-6-16-7-3-9-17/h1,4-5,10,16H,2-3,6-9,11H2. The first-order valence-electron chi connectivity index (χ1n) is 6.48. The molecule has 1 saturated heterocycles. The van der Waals surface area contributed by atoms with Gasteiger partial charge in [-0.2, -0.15) is 0 Å². The zero-order valence-corrected chi connectivity index (χ0v) is 12.1. The third-order valence-corrected chi connectivity index (χ3v) is 3.65. The predicted molar refractivity (Wildman–Crippen MR) is 76.5 cm³/mol. The van der Waals surface area contributed by atoms with E-state index in [1.165, 1.54) is 0 Å². The molecule has 0 aromatic heterocycles. The molecular formula is C14H19BrN2O. The second-order valence-electron chi connectivity index (χ2n) is 4.64. The van der Waals surface area contributed by atoms with E-state index in [-0.39, 0.29) is 5.91 Å². The molecule has 1 fully saturated rings. The van der Waals surface area contributed by atoms with Crippen molar-refractivity contribution in [2.45, 2.75) is 19.3 Å². The van der Waals surface area contributed by atoms with Gasteiger partial charge in [-0.3, -0.25) is 4.79 Å². The van der Waals surface area contributed by atoms with E-state index in [0.29, 0.717) is 6.42 Å². The average molecular weight is 311 g/mol. The molecule has 4 heteroatoms. The van der Waals surface area contributed by atoms with Crippen LogP contribution in [-0.2, 0) is 11.2 Å². The molecule has 1 aromatic carbocycles. The molecule has 0 radical (unpaired) electrons. The van der Waals surface area contributed by atoms with E-state index in [0.717, 1.165) is 49.1 Å². The number of halogens is 1. The van der Waals surface area contributed by atoms with Gasteiger partial charge in [-0.1, -0.05) is 28.1 Å². The van der Waals surface area contributed by atoms with Gasteiger partial charge in [0.1, 0.15) is 0 Å². The van der Waals surface area contributed by atoms with Crippen LogP contribution in [0.15, 0.2) is 28.7 Å². The number of amides is 1. The van der Waals surface area contributed by atoms with Gasteiger partial charge in [0.2, 0.25) is 5.91 Å². The first kappa shape index (κ1) is 13.6. The summed E-state index contributed by atoms with van der Waals surface area (Å²) in [7, 11) is 0. The van der Waals surface area contributed by atoms with E-state index in [2.05, 4.69) is 21.2 Å². The molecule has 18 heavy (non-hydrogen) atoms. The SMILES string of the molecule is O=C(Cc1cccc(Br)c1)N1CCCNCCC1. The van der Waals surface area contributed by atoms with Gasteiger partial charge in [0.05, 0.1) is 6.42 Å². The number of hydrogen-bond donors (Lipinski definition) is 1. The Morgan fingerprint density at radius 3 is 2.67 bits per heavy atom. The summed E-state index contributed by atoms with van der Waals surface area (Å²) in [5, 5.41) is 3.36. The fraction of sp³-hybridized carbons (Fsp3) is 0.500. The van der Waals surface area contributed by atoms with Crippen molar-refractivity contribution >= 4 is 21.8 Å². The molecule has 2 rings (SSSR count). The van der Waals surface area contributed by atoms with E-state index < -0.39 is 0 Å². The van der Waals surface area contributed by atoms with Crippen molar-refractivity contribution in [3.8, 4) is 0 Å². The number of hydrogen-bond acceptors (Lipinski definition) is 2. The molecule has 0 saturated carbocycles. The minimum Gasteiger partial charge on any atom is -0.342 e. The van der Waals surface area contributed by atoms with Crippen molar-refractivity contribution < 1.29 is 4.79 Å². The summed E-state index contributed by atoms with van der Waals surface area (Å²) in [6.07, 6.45) is 2.60. The van der Waals surface area contributed by atoms with Crippen molar-refractivity contribution in [3.63, 3.8) is 0 Å². The monoisotopic (exact) mass is 310 g/mol. The summed E-state index contributed by atoms with van der Waals surface area (Å²) in [6.45, 7) is 3.78. The van der Waals surface area contributed by atoms with Gasteiger partial charge in [0.25, 0.3) is 0 Å². The highest BCUT2D eigenvalue weighted by atomic mass is 79.9. The quantitative estimate of drug-likeness (QED) is 0.908. The Hall–Kier alpha value is -0.870. The van der Waals surface area contributed by atoms with Crippen molar-refractivity contribution in [3.05, 3.63) is 34.3 Å². The van der Waals surface area contributed by atoms with Crippen molar-refractivity contribution in [2.24, 2.45) is 0 Å². The maximum atomic E-state index is 12.2. The summed E-state index contributed by atoms with van der Waals surface area (Å²) < 4.78 is 1.03. The summed E-state index contributed by atoms with van der Waals surface area (Å²) in [6, 6.07) is 7.98. The van der Waals surface area contributed by atoms with Crippen LogP contribution in [0.25, 0.3) is 0 Å². The van der Waals surface area contributed by atoms with E-state index in [1.807, 2.05) is 29.2 Å². The molecule has 1 aliphatic heterocycles. The molecule has 0 unspecified atom stereocenters. The van der Waals surface area contributed by atoms with Gasteiger partial charge < -0.3 is 10.2 Å². The Kier molecular flexibility index (Phi) is 5.20. The lowest BCUT2D eigenvalue weighted by molar-refractivity contribution is -0.130. The molecule has 0 spiro atoms. The highest BCUT2D eigenvalue weighted by molar-refractivity contribution is 9.10. The van der Waals surface area contributed by atoms with Crippen LogP contribution in [0.5, 0.6) is 0 Å². The molecule has 0 atom stereocenters. The molecule has 0 bridgehead atoms. The van der Waals surface area contributed by atoms with Gasteiger partial charge in [-0.25, -0.2) is 0 Å². The van der Waals surface area contributed by atoms with E-state index in [9.17, 15) is 4.79 Å². The van der Waals surface area contributed by atoms with Crippen molar-refractivity contribution in [1.82, 2.24) is 10.2 Å². The van der Waals surface area contributed by atoms with E-state index in [4.69, 9.17) is 0 Å². The van der Waals surface area contributed by atoms with Gasteiger partial charge in [-0.05, 0) is 43.6 Å². The first-order chi connectivity index (χ1) is 8.75. The topological polar surface area (TPSA) is 32.3 Å². The second-order valence-corrected chi connectivity index (χ2v) is 5.56. The van der Waals surface area contributed by atoms with E-state index in [1.54, 1.807) is 0 Å². The summed E-state index contributed by atoms with van der Waals surface area (Å²) in [4.78, 5) is 14.2. The Balaban J connectivity index is 1.93. The Morgan fingerprint density at radius 1 is 1.28 bits per heavy atom. The fourth-order valence-corrected chi connectivity index (χ4v) is 2.66. The average Bonchev–Trinajstić information content (AvgIpc) is 2.28. The van der Waals surface area contributed by atoms with Crippen LogP contribution in [0.4, 0.5) is 0 Å². The summed E-state index contributed by atoms with van der Waals surface area (Å²) in [5.41, 5.74) is 1.08. The molecular weight excluding hydrogens is 292 g/mol. The van der Waals surface area contributed by atoms with Gasteiger partial charge >= 0.3 is 0 Å². The number of rotatable bonds is 2. The molecule has 98 valence electrons. The van der Waals surface area contributed by atoms with Crippen molar-refractivity contribution in [2.75, 3.05) is 26.2 Å². The van der Waals surface area contributed by atoms with Gasteiger partial charge in [-0.15, -0.1) is 0 Å². The highest BCUT2D eigenvalue weighted by Crippen LogP contribution is 2.13. The number of benzene rings is 1. The lowest BCUT2D eigenvalue weighted by Crippen LogP contribution is -2.38. The van der Waals surface area contributed by atoms with Crippen LogP contribution in [-0.4, -0.2) is 37.0 Å². The number of carbonyl (C=O) groups is 1. The summed E-state index contributed by atoms with van der Waals surface area (Å²) >= 11 is 3.44. The van der Waals surface area contributed by atoms with Crippen molar-refractivity contribution in [1.29, 1.82) is 0 Å². The molecule has 3 nitrogen and oxygen atoms in total. The van der Waals surface area contributed by atoms with Crippen LogP contribution in [0.2, 0.25) is 0 Å². The van der Waals surface area contributed by atoms with Crippen LogP contribution >= 0.6 is 15.9 Å². The highest BCUT2D eigenvalue weighted by Gasteiger charge is 2.14. The minimum atomic E-state index is 0.245. The molecule has 1 aromatic rings. The lowest BCUT2D eigenvalue weighted by atomic mass is 10.1. The van der Waals surface area contributed by atoms with Gasteiger partial charge in [0.15, 0.2) is 0 Å². The summed E-state index contributed by atoms with van der Waals surface area (Å²) in [5.74, 6) is 0.245. The van der Waals surface area contributed by atoms with Crippen LogP contribution in [0.3, 0.4) is 0 Å². The maximum absolute atomic E-state index is 12.2. The lowest BCUT2D eigenvalue weighted by Gasteiger charge is -2.25. The first-order valence-corrected chi connectivity index (χ1v) is 7.28. The smallest absolute Gasteiger partial charge is 0.226 e. The zero-order valence-electron chi connectivity index (χ0n) is 10.5. The molecule has 0 aliphatic carbocycles. The van der Waals surface area contributed by atoms with Crippen LogP contribution < -0.4 is 5.32 Å². The van der Waals surface area contributed by atoms with E-state index >= 15 is 0 Å². The normalized spacial score (nSPS) is 17.1. The van der Waals surface area contributed by atoms with Gasteiger partial charge in [0, 0.05) is 17.6 Å². The maximum Gasteiger partial charge on any atom is 0.226 e. The Labute approximate surface area is 117 Å². The number of nitrogens with zero attached hydrogens (tertiary/aromatic N) is 1. The minimum absolute atomic E-state index is 0.245. The predicted octanol–water partition coefficient (Wildman–Crippen LogP) is 2.20.